The van der Waals surface area contributed by atoms with Gasteiger partial charge in [0.05, 0.1) is 12.1 Å². The number of nitrogens with one attached hydrogen (secondary N) is 1. The van der Waals surface area contributed by atoms with Crippen molar-refractivity contribution in [2.75, 3.05) is 0 Å². The molecule has 6 nitrogen and oxygen atoms in total. The molecule has 0 saturated heterocycles. The van der Waals surface area contributed by atoms with Gasteiger partial charge in [-0.2, -0.15) is 0 Å². The Morgan fingerprint density at radius 3 is 2.59 bits per heavy atom. The normalized spacial score (nSPS) is 12.1. The van der Waals surface area contributed by atoms with Crippen LogP contribution in [0.3, 0.4) is 0 Å². The summed E-state index contributed by atoms with van der Waals surface area (Å²) in [6.07, 6.45) is 5.33. The fourth-order valence-electron chi connectivity index (χ4n) is 4.33. The lowest BCUT2D eigenvalue weighted by Gasteiger charge is -2.15. The van der Waals surface area contributed by atoms with E-state index in [1.165, 1.54) is 5.56 Å². The zero-order valence-electron chi connectivity index (χ0n) is 19.0. The first-order valence-electron chi connectivity index (χ1n) is 11.5. The van der Waals surface area contributed by atoms with Crippen molar-refractivity contribution in [3.8, 4) is 0 Å². The number of hydrogen-bond acceptors (Lipinski definition) is 3. The van der Waals surface area contributed by atoms with Gasteiger partial charge in [-0.05, 0) is 67.3 Å². The molecule has 5 rings (SSSR count). The Hall–Kier alpha value is -4.19. The van der Waals surface area contributed by atoms with E-state index >= 15 is 0 Å². The van der Waals surface area contributed by atoms with Gasteiger partial charge in [0.15, 0.2) is 5.65 Å². The van der Waals surface area contributed by atoms with Gasteiger partial charge in [-0.1, -0.05) is 42.5 Å². The summed E-state index contributed by atoms with van der Waals surface area (Å²) in [4.78, 5) is 30.6. The Kier molecular flexibility index (Phi) is 5.95. The zero-order chi connectivity index (χ0) is 23.5. The molecule has 0 bridgehead atoms. The van der Waals surface area contributed by atoms with E-state index in [-0.39, 0.29) is 17.5 Å². The molecule has 0 radical (unpaired) electrons. The van der Waals surface area contributed by atoms with E-state index < -0.39 is 0 Å². The fraction of sp³-hybridized carbons (Fsp3) is 0.179. The van der Waals surface area contributed by atoms with Crippen LogP contribution >= 0.6 is 0 Å². The van der Waals surface area contributed by atoms with Crippen LogP contribution in [0.5, 0.6) is 0 Å². The van der Waals surface area contributed by atoms with Gasteiger partial charge in [0.2, 0.25) is 0 Å². The molecule has 0 saturated carbocycles. The maximum Gasteiger partial charge on any atom is 0.276 e. The summed E-state index contributed by atoms with van der Waals surface area (Å²) in [5.74, 6) is -0.111. The number of rotatable bonds is 7. The SMILES string of the molecule is C[C@@H](CCc1ccccc1)NC(=O)c1cccc(Cn2c(=O)c3cccn3c3cccnc32)c1. The molecule has 3 heterocycles. The molecule has 0 aliphatic carbocycles. The number of benzene rings is 2. The van der Waals surface area contributed by atoms with Crippen molar-refractivity contribution in [3.05, 3.63) is 118 Å². The third-order valence-electron chi connectivity index (χ3n) is 6.11. The number of aromatic nitrogens is 3. The number of fused-ring (bicyclic) bond motifs is 3. The molecule has 6 heteroatoms. The Balaban J connectivity index is 1.35. The Bertz CT molecular complexity index is 1520. The topological polar surface area (TPSA) is 68.4 Å². The summed E-state index contributed by atoms with van der Waals surface area (Å²) in [5, 5.41) is 3.10. The Morgan fingerprint density at radius 2 is 1.74 bits per heavy atom. The summed E-state index contributed by atoms with van der Waals surface area (Å²) in [7, 11) is 0. The van der Waals surface area contributed by atoms with Crippen LogP contribution in [0, 0.1) is 0 Å². The molecular weight excluding hydrogens is 424 g/mol. The van der Waals surface area contributed by atoms with Crippen LogP contribution in [0.25, 0.3) is 16.7 Å². The second-order valence-electron chi connectivity index (χ2n) is 8.60. The molecule has 34 heavy (non-hydrogen) atoms. The standard InChI is InChI=1S/C28H26N4O2/c1-20(14-15-21-8-3-2-4-9-21)30-27(33)23-11-5-10-22(18-23)19-32-26-24(12-6-16-29-26)31-17-7-13-25(31)28(32)34/h2-13,16-18,20H,14-15,19H2,1H3,(H,30,33)/t20-/m0/s1. The quantitative estimate of drug-likeness (QED) is 0.398. The number of carbonyl (C=O) groups is 1. The molecule has 0 spiro atoms. The minimum Gasteiger partial charge on any atom is -0.350 e. The third-order valence-corrected chi connectivity index (χ3v) is 6.11. The highest BCUT2D eigenvalue weighted by molar-refractivity contribution is 5.94. The van der Waals surface area contributed by atoms with E-state index in [4.69, 9.17) is 0 Å². The first-order chi connectivity index (χ1) is 16.6. The average Bonchev–Trinajstić information content (AvgIpc) is 3.37. The van der Waals surface area contributed by atoms with Crippen molar-refractivity contribution in [1.82, 2.24) is 19.3 Å². The molecule has 1 atom stereocenters. The predicted molar refractivity (Wildman–Crippen MR) is 134 cm³/mol. The van der Waals surface area contributed by atoms with Gasteiger partial charge in [-0.25, -0.2) is 4.98 Å². The number of amides is 1. The summed E-state index contributed by atoms with van der Waals surface area (Å²) in [6, 6.07) is 25.2. The lowest BCUT2D eigenvalue weighted by atomic mass is 10.1. The van der Waals surface area contributed by atoms with Crippen LogP contribution < -0.4 is 10.9 Å². The molecule has 0 fully saturated rings. The van der Waals surface area contributed by atoms with Crippen LogP contribution in [0.2, 0.25) is 0 Å². The van der Waals surface area contributed by atoms with Crippen LogP contribution in [-0.2, 0) is 13.0 Å². The predicted octanol–water partition coefficient (Wildman–Crippen LogP) is 4.45. The van der Waals surface area contributed by atoms with E-state index in [0.29, 0.717) is 23.3 Å². The molecule has 2 aromatic carbocycles. The van der Waals surface area contributed by atoms with Gasteiger partial charge in [-0.3, -0.25) is 14.2 Å². The van der Waals surface area contributed by atoms with E-state index in [0.717, 1.165) is 23.9 Å². The maximum atomic E-state index is 13.2. The molecule has 170 valence electrons. The minimum absolute atomic E-state index is 0.0453. The van der Waals surface area contributed by atoms with Crippen LogP contribution in [0.4, 0.5) is 0 Å². The molecule has 1 N–H and O–H groups in total. The van der Waals surface area contributed by atoms with Gasteiger partial charge in [-0.15, -0.1) is 0 Å². The number of carbonyl (C=O) groups excluding carboxylic acids is 1. The number of aryl methyl sites for hydroxylation is 1. The van der Waals surface area contributed by atoms with E-state index in [1.807, 2.05) is 78.2 Å². The minimum atomic E-state index is -0.111. The molecule has 5 aromatic rings. The second-order valence-corrected chi connectivity index (χ2v) is 8.60. The van der Waals surface area contributed by atoms with Crippen molar-refractivity contribution in [1.29, 1.82) is 0 Å². The molecule has 3 aromatic heterocycles. The highest BCUT2D eigenvalue weighted by atomic mass is 16.1. The molecule has 1 amide bonds. The number of pyridine rings is 1. The lowest BCUT2D eigenvalue weighted by Crippen LogP contribution is -2.33. The first-order valence-corrected chi connectivity index (χ1v) is 11.5. The molecular formula is C28H26N4O2. The smallest absolute Gasteiger partial charge is 0.276 e. The lowest BCUT2D eigenvalue weighted by molar-refractivity contribution is 0.0938. The monoisotopic (exact) mass is 450 g/mol. The van der Waals surface area contributed by atoms with Crippen molar-refractivity contribution in [2.45, 2.75) is 32.4 Å². The van der Waals surface area contributed by atoms with Gasteiger partial charge < -0.3 is 9.72 Å². The maximum absolute atomic E-state index is 13.2. The summed E-state index contributed by atoms with van der Waals surface area (Å²) < 4.78 is 3.53. The first kappa shape index (κ1) is 21.6. The molecule has 0 aliphatic rings. The van der Waals surface area contributed by atoms with E-state index in [9.17, 15) is 9.59 Å². The largest absolute Gasteiger partial charge is 0.350 e. The average molecular weight is 451 g/mol. The number of hydrogen-bond donors (Lipinski definition) is 1. The van der Waals surface area contributed by atoms with Crippen molar-refractivity contribution in [2.24, 2.45) is 0 Å². The highest BCUT2D eigenvalue weighted by Gasteiger charge is 2.14. The van der Waals surface area contributed by atoms with Gasteiger partial charge >= 0.3 is 0 Å². The zero-order valence-corrected chi connectivity index (χ0v) is 19.0. The molecule has 0 aliphatic heterocycles. The Labute approximate surface area is 197 Å². The van der Waals surface area contributed by atoms with Gasteiger partial charge in [0.25, 0.3) is 11.5 Å². The van der Waals surface area contributed by atoms with Gasteiger partial charge in [0, 0.05) is 24.0 Å². The van der Waals surface area contributed by atoms with Crippen LogP contribution in [-0.4, -0.2) is 25.9 Å². The van der Waals surface area contributed by atoms with Crippen molar-refractivity contribution < 1.29 is 4.79 Å². The van der Waals surface area contributed by atoms with Crippen LogP contribution in [0.15, 0.2) is 96.1 Å². The van der Waals surface area contributed by atoms with Crippen molar-refractivity contribution in [3.63, 3.8) is 0 Å². The highest BCUT2D eigenvalue weighted by Crippen LogP contribution is 2.15. The fourth-order valence-corrected chi connectivity index (χ4v) is 4.33. The summed E-state index contributed by atoms with van der Waals surface area (Å²) in [6.45, 7) is 2.35. The van der Waals surface area contributed by atoms with Gasteiger partial charge in [0.1, 0.15) is 5.52 Å². The molecule has 0 unspecified atom stereocenters. The number of nitrogens with zero attached hydrogens (tertiary/aromatic N) is 3. The summed E-state index contributed by atoms with van der Waals surface area (Å²) >= 11 is 0. The van der Waals surface area contributed by atoms with Crippen LogP contribution in [0.1, 0.15) is 34.8 Å². The third kappa shape index (κ3) is 4.35. The Morgan fingerprint density at radius 1 is 0.941 bits per heavy atom. The van der Waals surface area contributed by atoms with E-state index in [1.54, 1.807) is 16.8 Å². The summed E-state index contributed by atoms with van der Waals surface area (Å²) in [5.41, 5.74) is 4.68. The van der Waals surface area contributed by atoms with E-state index in [2.05, 4.69) is 22.4 Å². The van der Waals surface area contributed by atoms with Crippen molar-refractivity contribution >= 4 is 22.6 Å². The second kappa shape index (κ2) is 9.35.